The Labute approximate surface area is 137 Å². The van der Waals surface area contributed by atoms with E-state index in [2.05, 4.69) is 0 Å². The van der Waals surface area contributed by atoms with Crippen LogP contribution in [0.25, 0.3) is 5.70 Å². The molecule has 0 aromatic heterocycles. The van der Waals surface area contributed by atoms with Crippen molar-refractivity contribution in [2.75, 3.05) is 12.2 Å². The highest BCUT2D eigenvalue weighted by molar-refractivity contribution is 6.50. The molecular formula is C18H13NO5. The summed E-state index contributed by atoms with van der Waals surface area (Å²) in [6.07, 6.45) is 1.05. The Morgan fingerprint density at radius 2 is 1.62 bits per heavy atom. The van der Waals surface area contributed by atoms with Gasteiger partial charge in [-0.1, -0.05) is 36.4 Å². The largest absolute Gasteiger partial charge is 0.465 e. The zero-order chi connectivity index (χ0) is 17.3. The van der Waals surface area contributed by atoms with Crippen LogP contribution in [0.3, 0.4) is 0 Å². The van der Waals surface area contributed by atoms with Gasteiger partial charge in [0.25, 0.3) is 0 Å². The minimum atomic E-state index is -0.738. The van der Waals surface area contributed by atoms with Crippen molar-refractivity contribution in [3.63, 3.8) is 0 Å². The van der Waals surface area contributed by atoms with Gasteiger partial charge >= 0.3 is 5.97 Å². The second kappa shape index (κ2) is 6.10. The van der Waals surface area contributed by atoms with Gasteiger partial charge in [0.2, 0.25) is 11.6 Å². The lowest BCUT2D eigenvalue weighted by Gasteiger charge is -2.25. The number of para-hydroxylation sites is 1. The first-order chi connectivity index (χ1) is 11.5. The first-order valence-corrected chi connectivity index (χ1v) is 7.10. The third kappa shape index (κ3) is 2.49. The van der Waals surface area contributed by atoms with Crippen molar-refractivity contribution in [1.29, 1.82) is 0 Å². The molecule has 0 bridgehead atoms. The van der Waals surface area contributed by atoms with Gasteiger partial charge in [-0.05, 0) is 12.1 Å². The molecule has 120 valence electrons. The lowest BCUT2D eigenvalue weighted by Crippen LogP contribution is -2.27. The average molecular weight is 323 g/mol. The van der Waals surface area contributed by atoms with Gasteiger partial charge in [0.15, 0.2) is 0 Å². The number of fused-ring (bicyclic) bond motifs is 1. The number of benzene rings is 2. The quantitative estimate of drug-likeness (QED) is 0.531. The van der Waals surface area contributed by atoms with Crippen LogP contribution in [0.2, 0.25) is 0 Å². The normalized spacial score (nSPS) is 13.2. The Hall–Kier alpha value is -3.25. The van der Waals surface area contributed by atoms with Gasteiger partial charge in [-0.2, -0.15) is 0 Å². The number of Topliss-reactive ketones (excluding diaryl/α,β-unsaturated/α-hetero) is 1. The second-order valence-electron chi connectivity index (χ2n) is 5.09. The number of ether oxygens (including phenoxy) is 1. The molecule has 2 aromatic carbocycles. The predicted molar refractivity (Wildman–Crippen MR) is 85.8 cm³/mol. The number of carbonyl (C=O) groups excluding carboxylic acids is 3. The standard InChI is InChI=1S/C18H13NO5/c1-24-18(22)13-8-4-5-9-14(13)19(23)15-10-16(20)17(21)12-7-3-2-6-11(12)15/h2-10,23H,1H3. The van der Waals surface area contributed by atoms with Gasteiger partial charge in [-0.3, -0.25) is 14.8 Å². The van der Waals surface area contributed by atoms with Gasteiger partial charge < -0.3 is 4.74 Å². The molecule has 0 radical (unpaired) electrons. The number of hydrogen-bond acceptors (Lipinski definition) is 6. The van der Waals surface area contributed by atoms with E-state index in [0.717, 1.165) is 11.1 Å². The van der Waals surface area contributed by atoms with Crippen LogP contribution in [0.5, 0.6) is 0 Å². The Kier molecular flexibility index (Phi) is 3.97. The van der Waals surface area contributed by atoms with Gasteiger partial charge in [-0.15, -0.1) is 0 Å². The van der Waals surface area contributed by atoms with Crippen molar-refractivity contribution in [2.24, 2.45) is 0 Å². The molecule has 0 saturated heterocycles. The summed E-state index contributed by atoms with van der Waals surface area (Å²) in [5.41, 5.74) is 1.00. The summed E-state index contributed by atoms with van der Waals surface area (Å²) in [5.74, 6) is -2.00. The molecule has 0 atom stereocenters. The summed E-state index contributed by atoms with van der Waals surface area (Å²) in [5, 5.41) is 11.3. The molecule has 0 unspecified atom stereocenters. The number of ketones is 2. The molecule has 1 N–H and O–H groups in total. The molecular weight excluding hydrogens is 310 g/mol. The van der Waals surface area contributed by atoms with Crippen LogP contribution >= 0.6 is 0 Å². The molecule has 1 aliphatic carbocycles. The highest BCUT2D eigenvalue weighted by Gasteiger charge is 2.29. The predicted octanol–water partition coefficient (Wildman–Crippen LogP) is 2.48. The van der Waals surface area contributed by atoms with E-state index in [1.807, 2.05) is 0 Å². The fourth-order valence-electron chi connectivity index (χ4n) is 2.55. The van der Waals surface area contributed by atoms with E-state index < -0.39 is 17.5 Å². The minimum Gasteiger partial charge on any atom is -0.465 e. The van der Waals surface area contributed by atoms with Crippen molar-refractivity contribution < 1.29 is 24.3 Å². The Morgan fingerprint density at radius 1 is 1.00 bits per heavy atom. The minimum absolute atomic E-state index is 0.117. The molecule has 0 fully saturated rings. The number of esters is 1. The van der Waals surface area contributed by atoms with Crippen molar-refractivity contribution in [2.45, 2.75) is 0 Å². The smallest absolute Gasteiger partial charge is 0.340 e. The number of allylic oxidation sites excluding steroid dienone is 1. The number of nitrogens with zero attached hydrogens (tertiary/aromatic N) is 1. The van der Waals surface area contributed by atoms with Crippen molar-refractivity contribution in [3.05, 3.63) is 71.3 Å². The summed E-state index contributed by atoms with van der Waals surface area (Å²) in [6, 6.07) is 12.7. The lowest BCUT2D eigenvalue weighted by molar-refractivity contribution is -0.111. The van der Waals surface area contributed by atoms with Gasteiger partial charge in [-0.25, -0.2) is 9.86 Å². The number of hydrogen-bond donors (Lipinski definition) is 1. The first kappa shape index (κ1) is 15.6. The van der Waals surface area contributed by atoms with E-state index in [0.29, 0.717) is 5.56 Å². The Bertz CT molecular complexity index is 884. The molecule has 0 aliphatic heterocycles. The topological polar surface area (TPSA) is 83.9 Å². The molecule has 6 nitrogen and oxygen atoms in total. The number of hydroxylamine groups is 1. The van der Waals surface area contributed by atoms with Crippen molar-refractivity contribution in [1.82, 2.24) is 0 Å². The van der Waals surface area contributed by atoms with E-state index in [-0.39, 0.29) is 22.5 Å². The highest BCUT2D eigenvalue weighted by Crippen LogP contribution is 2.32. The Balaban J connectivity index is 2.13. The maximum absolute atomic E-state index is 12.0. The number of methoxy groups -OCH3 is 1. The van der Waals surface area contributed by atoms with Gasteiger partial charge in [0, 0.05) is 17.2 Å². The van der Waals surface area contributed by atoms with E-state index in [4.69, 9.17) is 4.74 Å². The first-order valence-electron chi connectivity index (χ1n) is 7.10. The molecule has 6 heteroatoms. The third-order valence-corrected chi connectivity index (χ3v) is 3.70. The lowest BCUT2D eigenvalue weighted by atomic mass is 9.92. The zero-order valence-corrected chi connectivity index (χ0v) is 12.7. The molecule has 0 amide bonds. The zero-order valence-electron chi connectivity index (χ0n) is 12.7. The molecule has 0 heterocycles. The van der Waals surface area contributed by atoms with Crippen LogP contribution in [-0.4, -0.2) is 29.9 Å². The molecule has 2 aromatic rings. The maximum Gasteiger partial charge on any atom is 0.340 e. The molecule has 0 saturated carbocycles. The van der Waals surface area contributed by atoms with E-state index in [1.54, 1.807) is 30.3 Å². The molecule has 24 heavy (non-hydrogen) atoms. The van der Waals surface area contributed by atoms with Crippen LogP contribution in [0.1, 0.15) is 26.3 Å². The SMILES string of the molecule is COC(=O)c1ccccc1N(O)C1=CC(=O)C(=O)c2ccccc21. The monoisotopic (exact) mass is 323 g/mol. The summed E-state index contributed by atoms with van der Waals surface area (Å²) in [7, 11) is 1.23. The fraction of sp³-hybridized carbons (Fsp3) is 0.0556. The van der Waals surface area contributed by atoms with Crippen molar-refractivity contribution in [3.8, 4) is 0 Å². The van der Waals surface area contributed by atoms with Crippen LogP contribution in [0.4, 0.5) is 5.69 Å². The summed E-state index contributed by atoms with van der Waals surface area (Å²) < 4.78 is 4.70. The number of anilines is 1. The average Bonchev–Trinajstić information content (AvgIpc) is 2.63. The summed E-state index contributed by atoms with van der Waals surface area (Å²) in [6.45, 7) is 0. The summed E-state index contributed by atoms with van der Waals surface area (Å²) in [4.78, 5) is 35.8. The number of carbonyl (C=O) groups is 3. The van der Waals surface area contributed by atoms with Crippen LogP contribution in [-0.2, 0) is 9.53 Å². The van der Waals surface area contributed by atoms with Crippen LogP contribution in [0.15, 0.2) is 54.6 Å². The molecule has 1 aliphatic rings. The molecule has 3 rings (SSSR count). The van der Waals surface area contributed by atoms with Gasteiger partial charge in [0.1, 0.15) is 0 Å². The summed E-state index contributed by atoms with van der Waals surface area (Å²) >= 11 is 0. The second-order valence-corrected chi connectivity index (χ2v) is 5.09. The van der Waals surface area contributed by atoms with E-state index in [9.17, 15) is 19.6 Å². The van der Waals surface area contributed by atoms with Crippen molar-refractivity contribution >= 4 is 28.9 Å². The van der Waals surface area contributed by atoms with Crippen LogP contribution < -0.4 is 5.06 Å². The Morgan fingerprint density at radius 3 is 2.33 bits per heavy atom. The number of rotatable bonds is 3. The fourth-order valence-corrected chi connectivity index (χ4v) is 2.55. The maximum atomic E-state index is 12.0. The molecule has 0 spiro atoms. The highest BCUT2D eigenvalue weighted by atomic mass is 16.5. The van der Waals surface area contributed by atoms with E-state index in [1.165, 1.54) is 25.3 Å². The van der Waals surface area contributed by atoms with Crippen LogP contribution in [0, 0.1) is 0 Å². The van der Waals surface area contributed by atoms with Gasteiger partial charge in [0.05, 0.1) is 24.1 Å². The van der Waals surface area contributed by atoms with E-state index >= 15 is 0 Å². The third-order valence-electron chi connectivity index (χ3n) is 3.70.